The van der Waals surface area contributed by atoms with Crippen molar-refractivity contribution in [3.8, 4) is 0 Å². The zero-order valence-corrected chi connectivity index (χ0v) is 11.3. The van der Waals surface area contributed by atoms with Crippen molar-refractivity contribution in [1.29, 1.82) is 0 Å². The quantitative estimate of drug-likeness (QED) is 0.752. The number of fused-ring (bicyclic) bond motifs is 11. The first-order valence-corrected chi connectivity index (χ1v) is 8.46. The van der Waals surface area contributed by atoms with E-state index >= 15 is 0 Å². The smallest absolute Gasteiger partial charge is 0.0459 e. The third-order valence-corrected chi connectivity index (χ3v) is 7.93. The van der Waals surface area contributed by atoms with Crippen molar-refractivity contribution in [3.63, 3.8) is 0 Å². The van der Waals surface area contributed by atoms with Crippen molar-refractivity contribution < 1.29 is 5.11 Å². The van der Waals surface area contributed by atoms with E-state index in [0.29, 0.717) is 12.5 Å². The Labute approximate surface area is 110 Å². The number of rotatable bonds is 1. The molecule has 9 unspecified atom stereocenters. The van der Waals surface area contributed by atoms with E-state index in [9.17, 15) is 5.11 Å². The normalized spacial score (nSPS) is 64.2. The van der Waals surface area contributed by atoms with Gasteiger partial charge in [0.2, 0.25) is 0 Å². The lowest BCUT2D eigenvalue weighted by Gasteiger charge is -2.34. The summed E-state index contributed by atoms with van der Waals surface area (Å²) in [5.41, 5.74) is 0. The van der Waals surface area contributed by atoms with Crippen molar-refractivity contribution in [2.75, 3.05) is 6.61 Å². The summed E-state index contributed by atoms with van der Waals surface area (Å²) in [5, 5.41) is 9.51. The van der Waals surface area contributed by atoms with E-state index < -0.39 is 0 Å². The van der Waals surface area contributed by atoms with Crippen LogP contribution in [0, 0.1) is 53.3 Å². The van der Waals surface area contributed by atoms with Gasteiger partial charge in [0.15, 0.2) is 0 Å². The number of hydrogen-bond donors (Lipinski definition) is 1. The fraction of sp³-hybridized carbons (Fsp3) is 1.00. The molecule has 0 saturated heterocycles. The van der Waals surface area contributed by atoms with Crippen LogP contribution in [-0.2, 0) is 0 Å². The summed E-state index contributed by atoms with van der Waals surface area (Å²) in [7, 11) is 0. The molecule has 0 aromatic rings. The van der Waals surface area contributed by atoms with Gasteiger partial charge in [-0.05, 0) is 98.2 Å². The molecule has 5 fully saturated rings. The molecule has 4 bridgehead atoms. The SMILES string of the molecule is OCC1CC2CC(C1)C1C2CC2C3CCC(C3)C21. The van der Waals surface area contributed by atoms with Crippen LogP contribution in [0.2, 0.25) is 0 Å². The summed E-state index contributed by atoms with van der Waals surface area (Å²) in [6, 6.07) is 0. The summed E-state index contributed by atoms with van der Waals surface area (Å²) < 4.78 is 0. The van der Waals surface area contributed by atoms with Crippen molar-refractivity contribution in [1.82, 2.24) is 0 Å². The van der Waals surface area contributed by atoms with Gasteiger partial charge >= 0.3 is 0 Å². The average Bonchev–Trinajstić information content (AvgIpc) is 3.10. The predicted molar refractivity (Wildman–Crippen MR) is 70.8 cm³/mol. The Bertz CT molecular complexity index is 365. The fourth-order valence-electron chi connectivity index (χ4n) is 7.68. The first-order valence-electron chi connectivity index (χ1n) is 8.46. The molecule has 0 amide bonds. The molecule has 5 aliphatic carbocycles. The number of hydrogen-bond acceptors (Lipinski definition) is 1. The lowest BCUT2D eigenvalue weighted by atomic mass is 9.71. The molecular weight excluding hydrogens is 220 g/mol. The summed E-state index contributed by atoms with van der Waals surface area (Å²) in [6.45, 7) is 0.465. The van der Waals surface area contributed by atoms with Gasteiger partial charge < -0.3 is 5.11 Å². The molecule has 0 radical (unpaired) electrons. The second-order valence-corrected chi connectivity index (χ2v) is 8.33. The molecule has 18 heavy (non-hydrogen) atoms. The highest BCUT2D eigenvalue weighted by molar-refractivity contribution is 5.11. The van der Waals surface area contributed by atoms with Crippen molar-refractivity contribution in [2.24, 2.45) is 53.3 Å². The summed E-state index contributed by atoms with van der Waals surface area (Å²) in [5.74, 6) is 9.43. The molecule has 100 valence electrons. The fourth-order valence-corrected chi connectivity index (χ4v) is 7.68. The molecule has 5 saturated carbocycles. The highest BCUT2D eigenvalue weighted by Crippen LogP contribution is 2.70. The topological polar surface area (TPSA) is 20.2 Å². The minimum absolute atomic E-state index is 0.465. The third kappa shape index (κ3) is 1.18. The molecule has 1 N–H and O–H groups in total. The van der Waals surface area contributed by atoms with Gasteiger partial charge in [-0.1, -0.05) is 0 Å². The first-order chi connectivity index (χ1) is 8.85. The molecule has 1 heteroatoms. The van der Waals surface area contributed by atoms with Crippen LogP contribution in [0.15, 0.2) is 0 Å². The number of aliphatic hydroxyl groups is 1. The van der Waals surface area contributed by atoms with E-state index in [1.54, 1.807) is 25.7 Å². The maximum atomic E-state index is 9.51. The summed E-state index contributed by atoms with van der Waals surface area (Å²) in [4.78, 5) is 0. The maximum absolute atomic E-state index is 9.51. The predicted octanol–water partition coefficient (Wildman–Crippen LogP) is 3.32. The third-order valence-electron chi connectivity index (χ3n) is 7.93. The molecule has 0 aromatic carbocycles. The van der Waals surface area contributed by atoms with Crippen molar-refractivity contribution >= 4 is 0 Å². The molecule has 0 aliphatic heterocycles. The molecule has 1 nitrogen and oxygen atoms in total. The van der Waals surface area contributed by atoms with Crippen LogP contribution in [0.4, 0.5) is 0 Å². The molecule has 5 rings (SSSR count). The van der Waals surface area contributed by atoms with E-state index in [0.717, 1.165) is 47.3 Å². The van der Waals surface area contributed by atoms with E-state index in [-0.39, 0.29) is 0 Å². The average molecular weight is 246 g/mol. The lowest BCUT2D eigenvalue weighted by molar-refractivity contribution is 0.117. The minimum Gasteiger partial charge on any atom is -0.396 e. The molecule has 5 aliphatic rings. The second-order valence-electron chi connectivity index (χ2n) is 8.33. The Kier molecular flexibility index (Phi) is 2.10. The van der Waals surface area contributed by atoms with Gasteiger partial charge in [0.05, 0.1) is 0 Å². The molecule has 9 atom stereocenters. The van der Waals surface area contributed by atoms with Gasteiger partial charge in [-0.25, -0.2) is 0 Å². The van der Waals surface area contributed by atoms with E-state index in [1.165, 1.54) is 19.3 Å². The molecular formula is C17H26O. The molecule has 0 heterocycles. The van der Waals surface area contributed by atoms with Crippen molar-refractivity contribution in [2.45, 2.75) is 44.9 Å². The highest BCUT2D eigenvalue weighted by atomic mass is 16.3. The van der Waals surface area contributed by atoms with Gasteiger partial charge in [-0.15, -0.1) is 0 Å². The Balaban J connectivity index is 1.47. The zero-order chi connectivity index (χ0) is 11.9. The van der Waals surface area contributed by atoms with Crippen LogP contribution in [0.5, 0.6) is 0 Å². The summed E-state index contributed by atoms with van der Waals surface area (Å²) >= 11 is 0. The van der Waals surface area contributed by atoms with E-state index in [4.69, 9.17) is 0 Å². The standard InChI is InChI=1S/C17H26O/c18-8-9-3-12-6-13(4-9)17-15(12)7-14-10-1-2-11(5-10)16(14)17/h9-18H,1-8H2. The molecule has 0 aromatic heterocycles. The van der Waals surface area contributed by atoms with Gasteiger partial charge in [0, 0.05) is 6.61 Å². The second kappa shape index (κ2) is 3.53. The van der Waals surface area contributed by atoms with Crippen LogP contribution in [-0.4, -0.2) is 11.7 Å². The van der Waals surface area contributed by atoms with E-state index in [1.807, 2.05) is 0 Å². The largest absolute Gasteiger partial charge is 0.396 e. The minimum atomic E-state index is 0.465. The highest BCUT2D eigenvalue weighted by Gasteiger charge is 2.62. The zero-order valence-electron chi connectivity index (χ0n) is 11.3. The molecule has 0 spiro atoms. The van der Waals surface area contributed by atoms with Crippen LogP contribution in [0.3, 0.4) is 0 Å². The van der Waals surface area contributed by atoms with Crippen LogP contribution >= 0.6 is 0 Å². The van der Waals surface area contributed by atoms with E-state index in [2.05, 4.69) is 0 Å². The maximum Gasteiger partial charge on any atom is 0.0459 e. The Hall–Kier alpha value is -0.0400. The monoisotopic (exact) mass is 246 g/mol. The first kappa shape index (κ1) is 10.7. The Morgan fingerprint density at radius 3 is 2.22 bits per heavy atom. The van der Waals surface area contributed by atoms with Gasteiger partial charge in [-0.3, -0.25) is 0 Å². The van der Waals surface area contributed by atoms with Gasteiger partial charge in [0.25, 0.3) is 0 Å². The Morgan fingerprint density at radius 1 is 0.667 bits per heavy atom. The van der Waals surface area contributed by atoms with Crippen LogP contribution < -0.4 is 0 Å². The van der Waals surface area contributed by atoms with Crippen LogP contribution in [0.25, 0.3) is 0 Å². The Morgan fingerprint density at radius 2 is 1.33 bits per heavy atom. The van der Waals surface area contributed by atoms with Gasteiger partial charge in [0.1, 0.15) is 0 Å². The summed E-state index contributed by atoms with van der Waals surface area (Å²) in [6.07, 6.45) is 10.6. The van der Waals surface area contributed by atoms with Crippen LogP contribution in [0.1, 0.15) is 44.9 Å². The van der Waals surface area contributed by atoms with Crippen molar-refractivity contribution in [3.05, 3.63) is 0 Å². The number of aliphatic hydroxyl groups excluding tert-OH is 1. The lowest BCUT2D eigenvalue weighted by Crippen LogP contribution is -2.28. The van der Waals surface area contributed by atoms with Gasteiger partial charge in [-0.2, -0.15) is 0 Å².